The molecule has 96 valence electrons. The fraction of sp³-hybridized carbons (Fsp3) is 0.417. The minimum Gasteiger partial charge on any atom is -0.293 e. The highest BCUT2D eigenvalue weighted by Gasteiger charge is 2.30. The molecule has 0 saturated carbocycles. The van der Waals surface area contributed by atoms with Crippen LogP contribution in [0.1, 0.15) is 25.1 Å². The van der Waals surface area contributed by atoms with E-state index in [4.69, 9.17) is 12.2 Å². The van der Waals surface area contributed by atoms with E-state index in [9.17, 15) is 4.79 Å². The summed E-state index contributed by atoms with van der Waals surface area (Å²) in [7, 11) is 0. The highest BCUT2D eigenvalue weighted by atomic mass is 32.2. The first-order chi connectivity index (χ1) is 8.58. The molecule has 1 aliphatic rings. The molecule has 1 aliphatic heterocycles. The zero-order chi connectivity index (χ0) is 13.3. The van der Waals surface area contributed by atoms with Crippen LogP contribution in [-0.4, -0.2) is 31.5 Å². The van der Waals surface area contributed by atoms with E-state index in [0.29, 0.717) is 15.8 Å². The third-order valence-electron chi connectivity index (χ3n) is 2.92. The standard InChI is InChI=1S/C12H15N3OS2/c1-4-14-11(16)10(18-12(14)17)6-9-7-13-15(5-2)8(9)3/h6-7H,4-5H2,1-3H3/b10-6+. The van der Waals surface area contributed by atoms with Crippen LogP contribution in [0.5, 0.6) is 0 Å². The molecule has 4 nitrogen and oxygen atoms in total. The van der Waals surface area contributed by atoms with Crippen molar-refractivity contribution in [2.24, 2.45) is 0 Å². The van der Waals surface area contributed by atoms with Gasteiger partial charge in [-0.1, -0.05) is 24.0 Å². The van der Waals surface area contributed by atoms with Crippen molar-refractivity contribution in [3.63, 3.8) is 0 Å². The summed E-state index contributed by atoms with van der Waals surface area (Å²) in [5.74, 6) is -0.00357. The molecule has 0 unspecified atom stereocenters. The van der Waals surface area contributed by atoms with Gasteiger partial charge in [-0.15, -0.1) is 0 Å². The minimum absolute atomic E-state index is 0.00357. The van der Waals surface area contributed by atoms with Crippen molar-refractivity contribution in [1.29, 1.82) is 0 Å². The summed E-state index contributed by atoms with van der Waals surface area (Å²) in [5, 5.41) is 4.26. The molecule has 2 heterocycles. The largest absolute Gasteiger partial charge is 0.293 e. The lowest BCUT2D eigenvalue weighted by Gasteiger charge is -2.09. The lowest BCUT2D eigenvalue weighted by atomic mass is 10.2. The molecule has 1 aromatic heterocycles. The molecule has 0 spiro atoms. The first-order valence-corrected chi connectivity index (χ1v) is 7.08. The molecular formula is C12H15N3OS2. The Bertz CT molecular complexity index is 533. The van der Waals surface area contributed by atoms with E-state index in [2.05, 4.69) is 5.10 Å². The van der Waals surface area contributed by atoms with E-state index < -0.39 is 0 Å². The number of thioether (sulfide) groups is 1. The number of hydrogen-bond acceptors (Lipinski definition) is 4. The van der Waals surface area contributed by atoms with Crippen LogP contribution in [-0.2, 0) is 11.3 Å². The Morgan fingerprint density at radius 2 is 2.17 bits per heavy atom. The van der Waals surface area contributed by atoms with Crippen molar-refractivity contribution >= 4 is 40.3 Å². The smallest absolute Gasteiger partial charge is 0.266 e. The van der Waals surface area contributed by atoms with Gasteiger partial charge in [0.05, 0.1) is 11.1 Å². The highest BCUT2D eigenvalue weighted by Crippen LogP contribution is 2.32. The maximum atomic E-state index is 12.1. The zero-order valence-corrected chi connectivity index (χ0v) is 12.3. The first kappa shape index (κ1) is 13.3. The molecule has 1 amide bonds. The fourth-order valence-electron chi connectivity index (χ4n) is 1.84. The van der Waals surface area contributed by atoms with E-state index >= 15 is 0 Å². The summed E-state index contributed by atoms with van der Waals surface area (Å²) in [5.41, 5.74) is 2.05. The van der Waals surface area contributed by atoms with Gasteiger partial charge in [-0.3, -0.25) is 14.4 Å². The Hall–Kier alpha value is -1.14. The normalized spacial score (nSPS) is 18.2. The van der Waals surface area contributed by atoms with Gasteiger partial charge >= 0.3 is 0 Å². The van der Waals surface area contributed by atoms with Crippen LogP contribution in [0.2, 0.25) is 0 Å². The van der Waals surface area contributed by atoms with Gasteiger partial charge in [0.15, 0.2) is 0 Å². The predicted octanol–water partition coefficient (Wildman–Crippen LogP) is 2.43. The number of nitrogens with zero attached hydrogens (tertiary/aromatic N) is 3. The molecule has 1 aromatic rings. The second kappa shape index (κ2) is 5.24. The molecule has 0 atom stereocenters. The van der Waals surface area contributed by atoms with Gasteiger partial charge in [0, 0.05) is 24.3 Å². The minimum atomic E-state index is -0.00357. The van der Waals surface area contributed by atoms with Gasteiger partial charge in [-0.2, -0.15) is 5.10 Å². The van der Waals surface area contributed by atoms with Crippen LogP contribution in [0.15, 0.2) is 11.1 Å². The molecule has 2 rings (SSSR count). The number of amides is 1. The van der Waals surface area contributed by atoms with Crippen molar-refractivity contribution in [3.8, 4) is 0 Å². The molecule has 1 saturated heterocycles. The lowest BCUT2D eigenvalue weighted by Crippen LogP contribution is -2.27. The highest BCUT2D eigenvalue weighted by molar-refractivity contribution is 8.26. The fourth-order valence-corrected chi connectivity index (χ4v) is 3.21. The number of aromatic nitrogens is 2. The van der Waals surface area contributed by atoms with Crippen LogP contribution >= 0.6 is 24.0 Å². The van der Waals surface area contributed by atoms with Crippen LogP contribution in [0.4, 0.5) is 0 Å². The van der Waals surface area contributed by atoms with Gasteiger partial charge in [-0.25, -0.2) is 0 Å². The molecule has 0 aliphatic carbocycles. The van der Waals surface area contributed by atoms with Gasteiger partial charge in [0.2, 0.25) is 0 Å². The molecule has 6 heteroatoms. The summed E-state index contributed by atoms with van der Waals surface area (Å²) >= 11 is 6.54. The maximum Gasteiger partial charge on any atom is 0.266 e. The number of thiocarbonyl (C=S) groups is 1. The molecule has 0 radical (unpaired) electrons. The molecular weight excluding hydrogens is 266 g/mol. The zero-order valence-electron chi connectivity index (χ0n) is 10.6. The molecule has 18 heavy (non-hydrogen) atoms. The van der Waals surface area contributed by atoms with E-state index in [1.807, 2.05) is 31.5 Å². The summed E-state index contributed by atoms with van der Waals surface area (Å²) in [6.45, 7) is 7.42. The SMILES string of the molecule is CCN1C(=O)/C(=C\c2cnn(CC)c2C)SC1=S. The van der Waals surface area contributed by atoms with Crippen molar-refractivity contribution in [2.75, 3.05) is 6.54 Å². The van der Waals surface area contributed by atoms with E-state index in [1.54, 1.807) is 11.1 Å². The van der Waals surface area contributed by atoms with E-state index in [-0.39, 0.29) is 5.91 Å². The predicted molar refractivity (Wildman–Crippen MR) is 78.2 cm³/mol. The summed E-state index contributed by atoms with van der Waals surface area (Å²) in [6.07, 6.45) is 3.67. The Labute approximate surface area is 116 Å². The van der Waals surface area contributed by atoms with E-state index in [1.165, 1.54) is 11.8 Å². The number of aryl methyl sites for hydroxylation is 1. The number of carbonyl (C=O) groups excluding carboxylic acids is 1. The van der Waals surface area contributed by atoms with E-state index in [0.717, 1.165) is 17.8 Å². The molecule has 0 bridgehead atoms. The third kappa shape index (κ3) is 2.22. The van der Waals surface area contributed by atoms with Crippen LogP contribution in [0, 0.1) is 6.92 Å². The Kier molecular flexibility index (Phi) is 3.87. The monoisotopic (exact) mass is 281 g/mol. The Morgan fingerprint density at radius 3 is 2.67 bits per heavy atom. The van der Waals surface area contributed by atoms with Crippen molar-refractivity contribution in [2.45, 2.75) is 27.3 Å². The number of rotatable bonds is 3. The number of hydrogen-bond donors (Lipinski definition) is 0. The summed E-state index contributed by atoms with van der Waals surface area (Å²) in [4.78, 5) is 14.4. The van der Waals surface area contributed by atoms with Gasteiger partial charge in [-0.05, 0) is 26.8 Å². The number of carbonyl (C=O) groups is 1. The number of likely N-dealkylation sites (N-methyl/N-ethyl adjacent to an activating group) is 1. The van der Waals surface area contributed by atoms with Crippen LogP contribution in [0.25, 0.3) is 6.08 Å². The summed E-state index contributed by atoms with van der Waals surface area (Å²) < 4.78 is 2.54. The quantitative estimate of drug-likeness (QED) is 0.630. The molecule has 0 aromatic carbocycles. The first-order valence-electron chi connectivity index (χ1n) is 5.86. The lowest BCUT2D eigenvalue weighted by molar-refractivity contribution is -0.121. The second-order valence-corrected chi connectivity index (χ2v) is 5.60. The van der Waals surface area contributed by atoms with Crippen molar-refractivity contribution in [1.82, 2.24) is 14.7 Å². The maximum absolute atomic E-state index is 12.1. The van der Waals surface area contributed by atoms with Crippen molar-refractivity contribution in [3.05, 3.63) is 22.4 Å². The molecule has 1 fully saturated rings. The second-order valence-electron chi connectivity index (χ2n) is 3.93. The van der Waals surface area contributed by atoms with Crippen LogP contribution < -0.4 is 0 Å². The van der Waals surface area contributed by atoms with Gasteiger partial charge in [0.1, 0.15) is 4.32 Å². The Balaban J connectivity index is 2.32. The summed E-state index contributed by atoms with van der Waals surface area (Å²) in [6, 6.07) is 0. The average molecular weight is 281 g/mol. The molecule has 0 N–H and O–H groups in total. The Morgan fingerprint density at radius 1 is 1.44 bits per heavy atom. The van der Waals surface area contributed by atoms with Gasteiger partial charge in [0.25, 0.3) is 5.91 Å². The topological polar surface area (TPSA) is 38.1 Å². The van der Waals surface area contributed by atoms with Crippen molar-refractivity contribution < 1.29 is 4.79 Å². The average Bonchev–Trinajstić information content (AvgIpc) is 2.82. The van der Waals surface area contributed by atoms with Gasteiger partial charge < -0.3 is 0 Å². The third-order valence-corrected chi connectivity index (χ3v) is 4.29. The van der Waals surface area contributed by atoms with Crippen LogP contribution in [0.3, 0.4) is 0 Å².